The van der Waals surface area contributed by atoms with Gasteiger partial charge in [-0.1, -0.05) is 0 Å². The molecule has 0 amide bonds. The van der Waals surface area contributed by atoms with Gasteiger partial charge in [-0.25, -0.2) is 0 Å². The maximum atomic E-state index is 8.81. The minimum atomic E-state index is 0.108. The summed E-state index contributed by atoms with van der Waals surface area (Å²) >= 11 is 0. The SMILES string of the molecule is Cc1ccc(C(C)NCc2cnn(CCO)c2)o1. The second-order valence-electron chi connectivity index (χ2n) is 4.39. The monoisotopic (exact) mass is 249 g/mol. The molecule has 0 aliphatic carbocycles. The number of nitrogens with one attached hydrogen (secondary N) is 1. The second-order valence-corrected chi connectivity index (χ2v) is 4.39. The largest absolute Gasteiger partial charge is 0.465 e. The Morgan fingerprint density at radius 1 is 1.50 bits per heavy atom. The average molecular weight is 249 g/mol. The fraction of sp³-hybridized carbons (Fsp3) is 0.462. The highest BCUT2D eigenvalue weighted by molar-refractivity contribution is 5.10. The van der Waals surface area contributed by atoms with Crippen molar-refractivity contribution < 1.29 is 9.52 Å². The number of hydrogen-bond acceptors (Lipinski definition) is 4. The summed E-state index contributed by atoms with van der Waals surface area (Å²) in [6, 6.07) is 4.12. The molecule has 1 unspecified atom stereocenters. The van der Waals surface area contributed by atoms with Crippen LogP contribution in [0.4, 0.5) is 0 Å². The molecule has 2 rings (SSSR count). The van der Waals surface area contributed by atoms with Gasteiger partial charge in [-0.3, -0.25) is 4.68 Å². The van der Waals surface area contributed by atoms with Gasteiger partial charge >= 0.3 is 0 Å². The normalized spacial score (nSPS) is 12.8. The molecule has 0 radical (unpaired) electrons. The minimum Gasteiger partial charge on any atom is -0.465 e. The summed E-state index contributed by atoms with van der Waals surface area (Å²) in [5, 5.41) is 16.3. The fourth-order valence-corrected chi connectivity index (χ4v) is 1.78. The predicted molar refractivity (Wildman–Crippen MR) is 68.0 cm³/mol. The van der Waals surface area contributed by atoms with Crippen molar-refractivity contribution in [2.45, 2.75) is 33.0 Å². The molecule has 98 valence electrons. The van der Waals surface area contributed by atoms with Crippen LogP contribution in [0.25, 0.3) is 0 Å². The maximum absolute atomic E-state index is 8.81. The Labute approximate surface area is 106 Å². The first-order valence-electron chi connectivity index (χ1n) is 6.11. The smallest absolute Gasteiger partial charge is 0.120 e. The first-order chi connectivity index (χ1) is 8.69. The Bertz CT molecular complexity index is 490. The van der Waals surface area contributed by atoms with Crippen LogP contribution in [0.1, 0.15) is 30.0 Å². The van der Waals surface area contributed by atoms with E-state index < -0.39 is 0 Å². The van der Waals surface area contributed by atoms with Gasteiger partial charge in [0.15, 0.2) is 0 Å². The van der Waals surface area contributed by atoms with Crippen molar-refractivity contribution in [2.75, 3.05) is 6.61 Å². The molecule has 5 nitrogen and oxygen atoms in total. The van der Waals surface area contributed by atoms with E-state index in [1.807, 2.05) is 31.5 Å². The van der Waals surface area contributed by atoms with Crippen LogP contribution in [-0.2, 0) is 13.1 Å². The molecule has 0 spiro atoms. The summed E-state index contributed by atoms with van der Waals surface area (Å²) in [6.45, 7) is 5.38. The van der Waals surface area contributed by atoms with E-state index in [1.165, 1.54) is 0 Å². The molecule has 18 heavy (non-hydrogen) atoms. The molecule has 1 atom stereocenters. The van der Waals surface area contributed by atoms with Crippen molar-refractivity contribution in [1.82, 2.24) is 15.1 Å². The molecule has 2 aromatic rings. The number of aliphatic hydroxyl groups is 1. The molecular weight excluding hydrogens is 230 g/mol. The Morgan fingerprint density at radius 3 is 3.00 bits per heavy atom. The topological polar surface area (TPSA) is 63.2 Å². The van der Waals surface area contributed by atoms with E-state index in [-0.39, 0.29) is 12.6 Å². The van der Waals surface area contributed by atoms with E-state index in [9.17, 15) is 0 Å². The van der Waals surface area contributed by atoms with Gasteiger partial charge in [0, 0.05) is 18.3 Å². The number of aliphatic hydroxyl groups excluding tert-OH is 1. The molecule has 0 fully saturated rings. The van der Waals surface area contributed by atoms with Crippen molar-refractivity contribution in [1.29, 1.82) is 0 Å². The Balaban J connectivity index is 1.86. The van der Waals surface area contributed by atoms with E-state index in [2.05, 4.69) is 17.3 Å². The molecule has 2 N–H and O–H groups in total. The van der Waals surface area contributed by atoms with E-state index in [4.69, 9.17) is 9.52 Å². The summed E-state index contributed by atoms with van der Waals surface area (Å²) in [4.78, 5) is 0. The highest BCUT2D eigenvalue weighted by Crippen LogP contribution is 2.15. The third-order valence-electron chi connectivity index (χ3n) is 2.82. The van der Waals surface area contributed by atoms with Gasteiger partial charge in [-0.15, -0.1) is 0 Å². The van der Waals surface area contributed by atoms with E-state index in [0.29, 0.717) is 6.54 Å². The molecule has 2 heterocycles. The Hall–Kier alpha value is -1.59. The molecule has 0 saturated carbocycles. The number of nitrogens with zero attached hydrogens (tertiary/aromatic N) is 2. The molecule has 2 aromatic heterocycles. The molecule has 0 aromatic carbocycles. The van der Waals surface area contributed by atoms with Crippen LogP contribution in [0.5, 0.6) is 0 Å². The summed E-state index contributed by atoms with van der Waals surface area (Å²) in [5.41, 5.74) is 1.10. The summed E-state index contributed by atoms with van der Waals surface area (Å²) in [6.07, 6.45) is 3.74. The van der Waals surface area contributed by atoms with Crippen LogP contribution in [0, 0.1) is 6.92 Å². The van der Waals surface area contributed by atoms with Gasteiger partial charge in [-0.2, -0.15) is 5.10 Å². The lowest BCUT2D eigenvalue weighted by Crippen LogP contribution is -2.17. The highest BCUT2D eigenvalue weighted by Gasteiger charge is 2.09. The number of furan rings is 1. The van der Waals surface area contributed by atoms with Crippen LogP contribution >= 0.6 is 0 Å². The fourth-order valence-electron chi connectivity index (χ4n) is 1.78. The number of aromatic nitrogens is 2. The maximum Gasteiger partial charge on any atom is 0.120 e. The third-order valence-corrected chi connectivity index (χ3v) is 2.82. The first kappa shape index (κ1) is 12.9. The van der Waals surface area contributed by atoms with Gasteiger partial charge in [0.1, 0.15) is 11.5 Å². The zero-order valence-electron chi connectivity index (χ0n) is 10.8. The highest BCUT2D eigenvalue weighted by atomic mass is 16.3. The van der Waals surface area contributed by atoms with Gasteiger partial charge in [0.05, 0.1) is 25.4 Å². The van der Waals surface area contributed by atoms with Crippen LogP contribution in [0.15, 0.2) is 28.9 Å². The quantitative estimate of drug-likeness (QED) is 0.816. The Kier molecular flexibility index (Phi) is 4.17. The van der Waals surface area contributed by atoms with Crippen molar-refractivity contribution in [3.8, 4) is 0 Å². The van der Waals surface area contributed by atoms with Gasteiger partial charge in [-0.05, 0) is 26.0 Å². The third kappa shape index (κ3) is 3.21. The van der Waals surface area contributed by atoms with E-state index in [1.54, 1.807) is 4.68 Å². The van der Waals surface area contributed by atoms with Crippen LogP contribution in [-0.4, -0.2) is 21.5 Å². The van der Waals surface area contributed by atoms with Crippen molar-refractivity contribution >= 4 is 0 Å². The molecule has 0 bridgehead atoms. The van der Waals surface area contributed by atoms with E-state index >= 15 is 0 Å². The zero-order valence-corrected chi connectivity index (χ0v) is 10.8. The lowest BCUT2D eigenvalue weighted by molar-refractivity contribution is 0.269. The first-order valence-corrected chi connectivity index (χ1v) is 6.11. The lowest BCUT2D eigenvalue weighted by atomic mass is 10.2. The standard InChI is InChI=1S/C13H19N3O2/c1-10-3-4-13(18-10)11(2)14-7-12-8-15-16(9-12)5-6-17/h3-4,8-9,11,14,17H,5-7H2,1-2H3. The number of aryl methyl sites for hydroxylation is 1. The van der Waals surface area contributed by atoms with Crippen LogP contribution < -0.4 is 5.32 Å². The van der Waals surface area contributed by atoms with Crippen LogP contribution in [0.2, 0.25) is 0 Å². The van der Waals surface area contributed by atoms with Crippen LogP contribution in [0.3, 0.4) is 0 Å². The number of rotatable bonds is 6. The Morgan fingerprint density at radius 2 is 2.33 bits per heavy atom. The average Bonchev–Trinajstić information content (AvgIpc) is 2.96. The number of hydrogen-bond donors (Lipinski definition) is 2. The zero-order chi connectivity index (χ0) is 13.0. The van der Waals surface area contributed by atoms with Crippen molar-refractivity contribution in [3.05, 3.63) is 41.6 Å². The molecule has 0 aliphatic heterocycles. The van der Waals surface area contributed by atoms with Gasteiger partial charge in [0.2, 0.25) is 0 Å². The predicted octanol–water partition coefficient (Wildman–Crippen LogP) is 1.63. The summed E-state index contributed by atoms with van der Waals surface area (Å²) in [7, 11) is 0. The van der Waals surface area contributed by atoms with Crippen molar-refractivity contribution in [3.63, 3.8) is 0 Å². The molecule has 5 heteroatoms. The second kappa shape index (κ2) is 5.84. The molecular formula is C13H19N3O2. The molecule has 0 aliphatic rings. The minimum absolute atomic E-state index is 0.108. The van der Waals surface area contributed by atoms with Gasteiger partial charge in [0.25, 0.3) is 0 Å². The summed E-state index contributed by atoms with van der Waals surface area (Å²) < 4.78 is 7.30. The lowest BCUT2D eigenvalue weighted by Gasteiger charge is -2.09. The molecule has 0 saturated heterocycles. The van der Waals surface area contributed by atoms with Crippen molar-refractivity contribution in [2.24, 2.45) is 0 Å². The summed E-state index contributed by atoms with van der Waals surface area (Å²) in [5.74, 6) is 1.87. The van der Waals surface area contributed by atoms with Gasteiger partial charge < -0.3 is 14.8 Å². The van der Waals surface area contributed by atoms with E-state index in [0.717, 1.165) is 23.6 Å².